The summed E-state index contributed by atoms with van der Waals surface area (Å²) in [7, 11) is 35.4. The number of hydrogen-bond donors (Lipinski definition) is 0. The summed E-state index contributed by atoms with van der Waals surface area (Å²) < 4.78 is 22.2. The minimum Gasteiger partial charge on any atom is -0.479 e. The molecule has 0 amide bonds. The predicted octanol–water partition coefficient (Wildman–Crippen LogP) is 4.76. The Bertz CT molecular complexity index is 1440. The largest absolute Gasteiger partial charge is 0.818 e. The molecule has 0 aliphatic carbocycles. The van der Waals surface area contributed by atoms with Crippen LogP contribution in [0.5, 0.6) is 17.2 Å². The van der Waals surface area contributed by atoms with Crippen molar-refractivity contribution < 1.29 is 13.3 Å². The van der Waals surface area contributed by atoms with Crippen LogP contribution in [0.2, 0.25) is 0 Å². The highest BCUT2D eigenvalue weighted by Crippen LogP contribution is 2.35. The minimum atomic E-state index is -2.59. The van der Waals surface area contributed by atoms with Gasteiger partial charge in [0.2, 0.25) is 0 Å². The molecule has 0 aliphatic rings. The molecule has 13 heteroatoms. The Kier molecular flexibility index (Phi) is 19.6. The first-order valence-corrected chi connectivity index (χ1v) is 21.5. The van der Waals surface area contributed by atoms with E-state index < -0.39 is 9.53 Å². The highest BCUT2D eigenvalue weighted by Gasteiger charge is 2.35. The second kappa shape index (κ2) is 23.1. The molecule has 58 heavy (non-hydrogen) atoms. The fourth-order valence-electron chi connectivity index (χ4n) is 7.30. The molecule has 325 valence electrons. The first-order valence-electron chi connectivity index (χ1n) is 20.3. The maximum Gasteiger partial charge on any atom is 0.818 e. The summed E-state index contributed by atoms with van der Waals surface area (Å²) >= 11 is 0. The van der Waals surface area contributed by atoms with E-state index in [1.807, 2.05) is 0 Å². The number of hydrogen-bond acceptors (Lipinski definition) is 12. The van der Waals surface area contributed by atoms with Gasteiger partial charge in [0.25, 0.3) is 0 Å². The van der Waals surface area contributed by atoms with Crippen molar-refractivity contribution in [2.75, 3.05) is 127 Å². The van der Waals surface area contributed by atoms with Crippen LogP contribution >= 0.6 is 0 Å². The van der Waals surface area contributed by atoms with Crippen LogP contribution in [-0.4, -0.2) is 180 Å². The first kappa shape index (κ1) is 49.3. The normalized spacial score (nSPS) is 12.4. The van der Waals surface area contributed by atoms with E-state index in [1.165, 1.54) is 16.7 Å². The lowest BCUT2D eigenvalue weighted by Crippen LogP contribution is -2.39. The molecule has 0 saturated carbocycles. The monoisotopic (exact) mass is 821 g/mol. The summed E-state index contributed by atoms with van der Waals surface area (Å²) in [4.78, 5) is 19.9. The molecule has 0 atom stereocenters. The number of rotatable bonds is 24. The third-order valence-corrected chi connectivity index (χ3v) is 9.99. The Morgan fingerprint density at radius 2 is 0.431 bits per heavy atom. The van der Waals surface area contributed by atoms with Crippen molar-refractivity contribution >= 4 is 9.53 Å². The first-order chi connectivity index (χ1) is 27.1. The molecule has 0 N–H and O–H groups in total. The van der Waals surface area contributed by atoms with Crippen molar-refractivity contribution in [2.24, 2.45) is 0 Å². The quantitative estimate of drug-likeness (QED) is 0.117. The van der Waals surface area contributed by atoms with Gasteiger partial charge < -0.3 is 57.4 Å². The molecule has 3 aromatic carbocycles. The zero-order valence-corrected chi connectivity index (χ0v) is 40.6. The molecule has 0 aliphatic heterocycles. The van der Waals surface area contributed by atoms with E-state index in [2.05, 4.69) is 207 Å². The second-order valence-corrected chi connectivity index (χ2v) is 19.5. The summed E-state index contributed by atoms with van der Waals surface area (Å²) in [5, 5.41) is 0. The smallest absolute Gasteiger partial charge is 0.479 e. The molecule has 0 unspecified atom stereocenters. The Hall–Kier alpha value is -3.08. The van der Waals surface area contributed by atoms with Crippen LogP contribution in [0.25, 0.3) is 0 Å². The molecular weight excluding hydrogens is 743 g/mol. The fraction of sp³-hybridized carbons (Fsp3) is 0.600. The van der Waals surface area contributed by atoms with E-state index in [4.69, 9.17) is 13.3 Å². The summed E-state index contributed by atoms with van der Waals surface area (Å²) in [5.74, 6) is 2.50. The van der Waals surface area contributed by atoms with Crippen molar-refractivity contribution in [2.45, 2.75) is 58.9 Å². The van der Waals surface area contributed by atoms with Crippen molar-refractivity contribution in [3.05, 3.63) is 86.5 Å². The van der Waals surface area contributed by atoms with Gasteiger partial charge in [-0.3, -0.25) is 0 Å². The van der Waals surface area contributed by atoms with Gasteiger partial charge in [0, 0.05) is 92.3 Å². The molecule has 3 aromatic rings. The molecule has 3 rings (SSSR count). The van der Waals surface area contributed by atoms with Crippen molar-refractivity contribution in [1.29, 1.82) is 0 Å². The summed E-state index contributed by atoms with van der Waals surface area (Å²) in [6.45, 7) is 6.73. The Morgan fingerprint density at radius 1 is 0.276 bits per heavy atom. The van der Waals surface area contributed by atoms with Crippen LogP contribution in [0.1, 0.15) is 50.1 Å². The fourth-order valence-corrected chi connectivity index (χ4v) is 8.72. The zero-order chi connectivity index (χ0) is 43.4. The summed E-state index contributed by atoms with van der Waals surface area (Å²) in [5.41, 5.74) is 10.4. The Morgan fingerprint density at radius 3 is 0.569 bits per heavy atom. The number of benzene rings is 3. The molecule has 1 radical (unpaired) electrons. The van der Waals surface area contributed by atoms with Crippen molar-refractivity contribution in [1.82, 2.24) is 44.1 Å². The molecule has 0 heterocycles. The standard InChI is InChI=1S/C45H78N9O3Si/c1-46(2)25-34-19-37(28-49(7)8)43(38(20-34)29-50(9)10)55-58(56-44-39(30-51(11)12)21-35(26-47(3)4)22-40(44)31-52(13)14)57-45-41(32-53(15)16)23-36(27-48(5)6)24-42(45)33-54(17)18/h19-24H,25-33H2,1-18H3. The van der Waals surface area contributed by atoms with Gasteiger partial charge >= 0.3 is 9.53 Å². The predicted molar refractivity (Wildman–Crippen MR) is 243 cm³/mol. The Labute approximate surface area is 355 Å². The zero-order valence-electron chi connectivity index (χ0n) is 39.6. The molecule has 0 fully saturated rings. The molecule has 12 nitrogen and oxygen atoms in total. The van der Waals surface area contributed by atoms with Gasteiger partial charge in [-0.1, -0.05) is 0 Å². The molecule has 0 saturated heterocycles. The topological polar surface area (TPSA) is 56.9 Å². The van der Waals surface area contributed by atoms with E-state index in [-0.39, 0.29) is 0 Å². The van der Waals surface area contributed by atoms with Gasteiger partial charge in [-0.25, -0.2) is 0 Å². The average molecular weight is 821 g/mol. The van der Waals surface area contributed by atoms with Gasteiger partial charge in [-0.2, -0.15) is 0 Å². The minimum absolute atomic E-state index is 0.708. The third kappa shape index (κ3) is 16.5. The van der Waals surface area contributed by atoms with E-state index in [1.54, 1.807) is 0 Å². The maximum atomic E-state index is 7.40. The van der Waals surface area contributed by atoms with Gasteiger partial charge in [0.15, 0.2) is 0 Å². The van der Waals surface area contributed by atoms with E-state index in [9.17, 15) is 0 Å². The summed E-state index contributed by atoms with van der Waals surface area (Å²) in [6, 6.07) is 13.8. The van der Waals surface area contributed by atoms with Crippen LogP contribution in [0.15, 0.2) is 36.4 Å². The highest BCUT2D eigenvalue weighted by molar-refractivity contribution is 6.39. The lowest BCUT2D eigenvalue weighted by Gasteiger charge is -2.29. The lowest BCUT2D eigenvalue weighted by atomic mass is 10.0. The lowest BCUT2D eigenvalue weighted by molar-refractivity contribution is 0.282. The molecule has 0 spiro atoms. The van der Waals surface area contributed by atoms with E-state index >= 15 is 0 Å². The van der Waals surface area contributed by atoms with Gasteiger partial charge in [0.1, 0.15) is 17.2 Å². The van der Waals surface area contributed by atoms with Gasteiger partial charge in [0.05, 0.1) is 0 Å². The van der Waals surface area contributed by atoms with Crippen LogP contribution < -0.4 is 13.3 Å². The van der Waals surface area contributed by atoms with Crippen LogP contribution in [0.3, 0.4) is 0 Å². The third-order valence-electron chi connectivity index (χ3n) is 8.88. The molecule has 0 bridgehead atoms. The van der Waals surface area contributed by atoms with Crippen molar-refractivity contribution in [3.8, 4) is 17.2 Å². The SMILES string of the molecule is CN(C)Cc1cc(CN(C)C)c(O[Si](Oc2c(CN(C)C)cc(CN(C)C)cc2CN(C)C)Oc2c(CN(C)C)cc(CN(C)C)cc2CN(C)C)c(CN(C)C)c1. The Balaban J connectivity index is 2.45. The maximum absolute atomic E-state index is 7.40. The molecular formula is C45H78N9O3Si. The van der Waals surface area contributed by atoms with Crippen LogP contribution in [-0.2, 0) is 58.9 Å². The highest BCUT2D eigenvalue weighted by atomic mass is 28.3. The van der Waals surface area contributed by atoms with E-state index in [0.717, 1.165) is 70.3 Å². The summed E-state index contributed by atoms with van der Waals surface area (Å²) in [6.07, 6.45) is 0. The van der Waals surface area contributed by atoms with Gasteiger partial charge in [-0.15, -0.1) is 0 Å². The molecule has 0 aromatic heterocycles. The van der Waals surface area contributed by atoms with E-state index in [0.29, 0.717) is 39.3 Å². The average Bonchev–Trinajstić information content (AvgIpc) is 3.03. The second-order valence-electron chi connectivity index (χ2n) is 18.4. The number of nitrogens with zero attached hydrogens (tertiary/aromatic N) is 9. The van der Waals surface area contributed by atoms with Crippen LogP contribution in [0, 0.1) is 0 Å². The van der Waals surface area contributed by atoms with Crippen molar-refractivity contribution in [3.63, 3.8) is 0 Å². The van der Waals surface area contributed by atoms with Crippen LogP contribution in [0.4, 0.5) is 0 Å². The van der Waals surface area contributed by atoms with Gasteiger partial charge in [-0.05, 0) is 180 Å².